The van der Waals surface area contributed by atoms with Crippen molar-refractivity contribution in [3.63, 3.8) is 0 Å². The molecule has 0 amide bonds. The van der Waals surface area contributed by atoms with Gasteiger partial charge < -0.3 is 4.74 Å². The summed E-state index contributed by atoms with van der Waals surface area (Å²) in [5, 5.41) is 0. The van der Waals surface area contributed by atoms with Crippen LogP contribution in [0.1, 0.15) is 59.5 Å². The molecule has 1 saturated carbocycles. The Kier molecular flexibility index (Phi) is 6.12. The molecule has 31 heavy (non-hydrogen) atoms. The van der Waals surface area contributed by atoms with E-state index in [2.05, 4.69) is 0 Å². The first kappa shape index (κ1) is 21.2. The zero-order valence-corrected chi connectivity index (χ0v) is 17.3. The topological polar surface area (TPSA) is 26.3 Å². The largest absolute Gasteiger partial charge is 0.423 e. The first-order chi connectivity index (χ1) is 14.9. The first-order valence-electron chi connectivity index (χ1n) is 10.5. The molecule has 1 aliphatic rings. The number of aryl methyl sites for hydroxylation is 1. The van der Waals surface area contributed by atoms with Crippen molar-refractivity contribution < 1.29 is 22.7 Å². The van der Waals surface area contributed by atoms with Crippen LogP contribution in [0.25, 0.3) is 11.1 Å². The van der Waals surface area contributed by atoms with Crippen LogP contribution in [0.15, 0.2) is 54.6 Å². The summed E-state index contributed by atoms with van der Waals surface area (Å²) in [6.45, 7) is 1.69. The number of rotatable bonds is 4. The second kappa shape index (κ2) is 8.96. The Morgan fingerprint density at radius 3 is 2.19 bits per heavy atom. The van der Waals surface area contributed by atoms with Crippen molar-refractivity contribution in [3.8, 4) is 16.9 Å². The molecule has 2 nitrogen and oxygen atoms in total. The standard InChI is InChI=1S/C26H23F3O2/c1-16-7-8-19(15-23(16)27)17-9-11-20(12-10-17)31-26(30)22-14-13-21(24(28)25(22)29)18-5-3-2-4-6-18/h7-15,18H,2-6H2,1H3. The highest BCUT2D eigenvalue weighted by molar-refractivity contribution is 5.91. The number of benzene rings is 3. The third-order valence-electron chi connectivity index (χ3n) is 5.95. The molecular formula is C26H23F3O2. The molecule has 0 heterocycles. The lowest BCUT2D eigenvalue weighted by molar-refractivity contribution is 0.0728. The molecule has 3 aromatic rings. The molecule has 3 aromatic carbocycles. The van der Waals surface area contributed by atoms with E-state index in [-0.39, 0.29) is 17.5 Å². The molecule has 0 bridgehead atoms. The summed E-state index contributed by atoms with van der Waals surface area (Å²) in [4.78, 5) is 12.4. The van der Waals surface area contributed by atoms with Crippen LogP contribution in [0.3, 0.4) is 0 Å². The second-order valence-electron chi connectivity index (χ2n) is 8.04. The minimum atomic E-state index is -1.17. The van der Waals surface area contributed by atoms with Crippen molar-refractivity contribution in [3.05, 3.63) is 88.7 Å². The maximum Gasteiger partial charge on any atom is 0.346 e. The summed E-state index contributed by atoms with van der Waals surface area (Å²) in [6, 6.07) is 14.1. The third-order valence-corrected chi connectivity index (χ3v) is 5.95. The van der Waals surface area contributed by atoms with E-state index in [1.807, 2.05) is 0 Å². The molecule has 0 aromatic heterocycles. The van der Waals surface area contributed by atoms with Gasteiger partial charge in [-0.15, -0.1) is 0 Å². The molecule has 160 valence electrons. The zero-order valence-electron chi connectivity index (χ0n) is 17.3. The van der Waals surface area contributed by atoms with Gasteiger partial charge in [-0.1, -0.05) is 49.6 Å². The molecule has 0 N–H and O–H groups in total. The van der Waals surface area contributed by atoms with Gasteiger partial charge in [0, 0.05) is 0 Å². The van der Waals surface area contributed by atoms with Gasteiger partial charge in [0.1, 0.15) is 11.6 Å². The highest BCUT2D eigenvalue weighted by Gasteiger charge is 2.25. The molecule has 1 fully saturated rings. The van der Waals surface area contributed by atoms with Crippen molar-refractivity contribution in [2.45, 2.75) is 44.9 Å². The summed E-state index contributed by atoms with van der Waals surface area (Å²) in [6.07, 6.45) is 4.78. The molecule has 1 aliphatic carbocycles. The van der Waals surface area contributed by atoms with Gasteiger partial charge in [-0.25, -0.2) is 18.0 Å². The third kappa shape index (κ3) is 4.50. The van der Waals surface area contributed by atoms with Crippen LogP contribution in [0.2, 0.25) is 0 Å². The Hall–Kier alpha value is -3.08. The predicted molar refractivity (Wildman–Crippen MR) is 114 cm³/mol. The summed E-state index contributed by atoms with van der Waals surface area (Å²) in [5.41, 5.74) is 1.89. The molecular weight excluding hydrogens is 401 g/mol. The summed E-state index contributed by atoms with van der Waals surface area (Å²) in [7, 11) is 0. The van der Waals surface area contributed by atoms with E-state index in [9.17, 15) is 18.0 Å². The van der Waals surface area contributed by atoms with Crippen molar-refractivity contribution in [2.24, 2.45) is 0 Å². The van der Waals surface area contributed by atoms with E-state index in [1.54, 1.807) is 31.2 Å². The van der Waals surface area contributed by atoms with Crippen LogP contribution in [0.5, 0.6) is 5.75 Å². The molecule has 0 atom stereocenters. The Morgan fingerprint density at radius 1 is 0.839 bits per heavy atom. The summed E-state index contributed by atoms with van der Waals surface area (Å²) < 4.78 is 48.3. The van der Waals surface area contributed by atoms with E-state index in [0.29, 0.717) is 16.7 Å². The first-order valence-corrected chi connectivity index (χ1v) is 10.5. The van der Waals surface area contributed by atoms with Gasteiger partial charge in [0.15, 0.2) is 11.6 Å². The minimum Gasteiger partial charge on any atom is -0.423 e. The lowest BCUT2D eigenvalue weighted by atomic mass is 9.83. The van der Waals surface area contributed by atoms with E-state index < -0.39 is 23.2 Å². The number of carbonyl (C=O) groups is 1. The van der Waals surface area contributed by atoms with Gasteiger partial charge in [-0.3, -0.25) is 0 Å². The number of halogens is 3. The average molecular weight is 424 g/mol. The van der Waals surface area contributed by atoms with Crippen molar-refractivity contribution in [1.82, 2.24) is 0 Å². The SMILES string of the molecule is Cc1ccc(-c2ccc(OC(=O)c3ccc(C4CCCCC4)c(F)c3F)cc2)cc1F. The Balaban J connectivity index is 1.50. The molecule has 4 rings (SSSR count). The molecule has 0 spiro atoms. The molecule has 0 radical (unpaired) electrons. The van der Waals surface area contributed by atoms with Gasteiger partial charge in [-0.2, -0.15) is 0 Å². The van der Waals surface area contributed by atoms with Crippen LogP contribution in [0.4, 0.5) is 13.2 Å². The van der Waals surface area contributed by atoms with Gasteiger partial charge in [0.2, 0.25) is 0 Å². The smallest absolute Gasteiger partial charge is 0.346 e. The molecule has 0 unspecified atom stereocenters. The fourth-order valence-corrected chi connectivity index (χ4v) is 4.10. The number of ether oxygens (including phenoxy) is 1. The fourth-order valence-electron chi connectivity index (χ4n) is 4.10. The number of esters is 1. The summed E-state index contributed by atoms with van der Waals surface area (Å²) in [5.74, 6) is -3.20. The highest BCUT2D eigenvalue weighted by Crippen LogP contribution is 2.35. The zero-order chi connectivity index (χ0) is 22.0. The Bertz CT molecular complexity index is 1100. The molecule has 5 heteroatoms. The van der Waals surface area contributed by atoms with Gasteiger partial charge in [0.05, 0.1) is 5.56 Å². The summed E-state index contributed by atoms with van der Waals surface area (Å²) >= 11 is 0. The minimum absolute atomic E-state index is 0.00697. The lowest BCUT2D eigenvalue weighted by Gasteiger charge is -2.22. The van der Waals surface area contributed by atoms with Gasteiger partial charge >= 0.3 is 5.97 Å². The van der Waals surface area contributed by atoms with E-state index in [1.165, 1.54) is 30.3 Å². The average Bonchev–Trinajstić information content (AvgIpc) is 2.78. The maximum absolute atomic E-state index is 14.6. The van der Waals surface area contributed by atoms with E-state index >= 15 is 0 Å². The van der Waals surface area contributed by atoms with E-state index in [0.717, 1.165) is 37.7 Å². The molecule has 0 aliphatic heterocycles. The predicted octanol–water partition coefficient (Wildman–Crippen LogP) is 7.35. The van der Waals surface area contributed by atoms with Crippen molar-refractivity contribution >= 4 is 5.97 Å². The molecule has 0 saturated heterocycles. The van der Waals surface area contributed by atoms with Gasteiger partial charge in [-0.05, 0) is 72.2 Å². The number of carbonyl (C=O) groups excluding carboxylic acids is 1. The van der Waals surface area contributed by atoms with Crippen LogP contribution in [-0.2, 0) is 0 Å². The van der Waals surface area contributed by atoms with E-state index in [4.69, 9.17) is 4.74 Å². The quantitative estimate of drug-likeness (QED) is 0.323. The number of hydrogen-bond acceptors (Lipinski definition) is 2. The monoisotopic (exact) mass is 424 g/mol. The Morgan fingerprint density at radius 2 is 1.52 bits per heavy atom. The van der Waals surface area contributed by atoms with Gasteiger partial charge in [0.25, 0.3) is 0 Å². The Labute approximate surface area is 179 Å². The van der Waals surface area contributed by atoms with Crippen LogP contribution in [0, 0.1) is 24.4 Å². The van der Waals surface area contributed by atoms with Crippen LogP contribution < -0.4 is 4.74 Å². The normalized spacial score (nSPS) is 14.5. The van der Waals surface area contributed by atoms with Crippen molar-refractivity contribution in [2.75, 3.05) is 0 Å². The fraction of sp³-hybridized carbons (Fsp3) is 0.269. The number of hydrogen-bond donors (Lipinski definition) is 0. The lowest BCUT2D eigenvalue weighted by Crippen LogP contribution is -2.14. The maximum atomic E-state index is 14.6. The van der Waals surface area contributed by atoms with Crippen LogP contribution in [-0.4, -0.2) is 5.97 Å². The van der Waals surface area contributed by atoms with Crippen LogP contribution >= 0.6 is 0 Å². The highest BCUT2D eigenvalue weighted by atomic mass is 19.2. The second-order valence-corrected chi connectivity index (χ2v) is 8.04. The van der Waals surface area contributed by atoms with Crippen molar-refractivity contribution in [1.29, 1.82) is 0 Å².